The van der Waals surface area contributed by atoms with E-state index in [1.807, 2.05) is 6.92 Å². The highest BCUT2D eigenvalue weighted by Gasteiger charge is 2.10. The lowest BCUT2D eigenvalue weighted by Gasteiger charge is -2.16. The lowest BCUT2D eigenvalue weighted by atomic mass is 10.3. The molecule has 0 saturated heterocycles. The molecule has 1 N–H and O–H groups in total. The summed E-state index contributed by atoms with van der Waals surface area (Å²) in [5.41, 5.74) is 0. The zero-order valence-corrected chi connectivity index (χ0v) is 11.5. The van der Waals surface area contributed by atoms with Gasteiger partial charge in [0.2, 0.25) is 0 Å². The van der Waals surface area contributed by atoms with Crippen LogP contribution in [-0.4, -0.2) is 19.2 Å². The fourth-order valence-electron chi connectivity index (χ4n) is 1.20. The molecule has 0 aliphatic heterocycles. The first-order valence-corrected chi connectivity index (χ1v) is 6.13. The van der Waals surface area contributed by atoms with Gasteiger partial charge in [-0.05, 0) is 13.0 Å². The van der Waals surface area contributed by atoms with E-state index in [0.717, 1.165) is 0 Å². The molecule has 0 bridgehead atoms. The molecule has 1 unspecified atom stereocenters. The van der Waals surface area contributed by atoms with Crippen molar-refractivity contribution in [3.63, 3.8) is 0 Å². The van der Waals surface area contributed by atoms with Crippen molar-refractivity contribution < 1.29 is 4.74 Å². The molecule has 0 fully saturated rings. The Balaban J connectivity index is 2.62. The van der Waals surface area contributed by atoms with E-state index >= 15 is 0 Å². The third-order valence-electron chi connectivity index (χ3n) is 1.96. The first kappa shape index (κ1) is 14.5. The molecule has 0 aliphatic carbocycles. The standard InChI is InChI=1S/C12H12Cl3NO/c1-3-4-16-7-8(2)17-12-6-10(14)9(13)5-11(12)15/h1,5-6,8,16H,4,7H2,2H3. The summed E-state index contributed by atoms with van der Waals surface area (Å²) in [6.45, 7) is 3.03. The van der Waals surface area contributed by atoms with Crippen molar-refractivity contribution in [2.45, 2.75) is 13.0 Å². The topological polar surface area (TPSA) is 21.3 Å². The largest absolute Gasteiger partial charge is 0.488 e. The van der Waals surface area contributed by atoms with Crippen LogP contribution in [0.4, 0.5) is 0 Å². The minimum absolute atomic E-state index is 0.0712. The molecule has 0 aliphatic rings. The summed E-state index contributed by atoms with van der Waals surface area (Å²) >= 11 is 17.7. The zero-order valence-electron chi connectivity index (χ0n) is 9.27. The van der Waals surface area contributed by atoms with Gasteiger partial charge in [0.05, 0.1) is 21.6 Å². The Morgan fingerprint density at radius 1 is 1.29 bits per heavy atom. The van der Waals surface area contributed by atoms with Gasteiger partial charge in [0.15, 0.2) is 0 Å². The number of terminal acetylenes is 1. The predicted octanol–water partition coefficient (Wildman–Crippen LogP) is 3.64. The Morgan fingerprint density at radius 2 is 1.94 bits per heavy atom. The zero-order chi connectivity index (χ0) is 12.8. The van der Waals surface area contributed by atoms with Crippen LogP contribution in [0.25, 0.3) is 0 Å². The van der Waals surface area contributed by atoms with Crippen molar-refractivity contribution in [2.75, 3.05) is 13.1 Å². The number of nitrogens with one attached hydrogen (secondary N) is 1. The molecule has 1 aromatic carbocycles. The molecule has 92 valence electrons. The van der Waals surface area contributed by atoms with Crippen LogP contribution >= 0.6 is 34.8 Å². The number of benzene rings is 1. The van der Waals surface area contributed by atoms with Crippen molar-refractivity contribution in [3.8, 4) is 18.1 Å². The van der Waals surface area contributed by atoms with E-state index in [9.17, 15) is 0 Å². The van der Waals surface area contributed by atoms with Crippen LogP contribution in [0.15, 0.2) is 12.1 Å². The van der Waals surface area contributed by atoms with Gasteiger partial charge in [0, 0.05) is 12.6 Å². The van der Waals surface area contributed by atoms with Gasteiger partial charge in [-0.1, -0.05) is 40.7 Å². The van der Waals surface area contributed by atoms with E-state index in [4.69, 9.17) is 46.0 Å². The summed E-state index contributed by atoms with van der Waals surface area (Å²) in [6, 6.07) is 3.16. The molecule has 0 spiro atoms. The van der Waals surface area contributed by atoms with Crippen LogP contribution in [0.3, 0.4) is 0 Å². The van der Waals surface area contributed by atoms with E-state index < -0.39 is 0 Å². The quantitative estimate of drug-likeness (QED) is 0.508. The molecule has 1 atom stereocenters. The molecule has 5 heteroatoms. The van der Waals surface area contributed by atoms with Crippen molar-refractivity contribution >= 4 is 34.8 Å². The van der Waals surface area contributed by atoms with Crippen LogP contribution in [0.5, 0.6) is 5.75 Å². The molecule has 0 amide bonds. The highest BCUT2D eigenvalue weighted by Crippen LogP contribution is 2.34. The average Bonchev–Trinajstić information content (AvgIpc) is 2.26. The summed E-state index contributed by atoms with van der Waals surface area (Å²) in [5.74, 6) is 2.99. The summed E-state index contributed by atoms with van der Waals surface area (Å²) < 4.78 is 5.62. The van der Waals surface area contributed by atoms with Gasteiger partial charge in [-0.25, -0.2) is 0 Å². The van der Waals surface area contributed by atoms with E-state index in [1.54, 1.807) is 12.1 Å². The van der Waals surface area contributed by atoms with Crippen LogP contribution in [-0.2, 0) is 0 Å². The first-order valence-electron chi connectivity index (χ1n) is 5.00. The number of rotatable bonds is 5. The Bertz CT molecular complexity index is 428. The van der Waals surface area contributed by atoms with Crippen LogP contribution < -0.4 is 10.1 Å². The molecule has 0 saturated carbocycles. The highest BCUT2D eigenvalue weighted by atomic mass is 35.5. The van der Waals surface area contributed by atoms with E-state index in [1.165, 1.54) is 0 Å². The van der Waals surface area contributed by atoms with E-state index in [0.29, 0.717) is 33.9 Å². The lowest BCUT2D eigenvalue weighted by Crippen LogP contribution is -2.29. The molecule has 2 nitrogen and oxygen atoms in total. The van der Waals surface area contributed by atoms with Gasteiger partial charge in [0.1, 0.15) is 11.9 Å². The minimum Gasteiger partial charge on any atom is -0.488 e. The summed E-state index contributed by atoms with van der Waals surface area (Å²) in [5, 5.41) is 4.29. The Labute approximate surface area is 116 Å². The number of hydrogen-bond donors (Lipinski definition) is 1. The summed E-state index contributed by atoms with van der Waals surface area (Å²) in [4.78, 5) is 0. The summed E-state index contributed by atoms with van der Waals surface area (Å²) in [7, 11) is 0. The average molecular weight is 293 g/mol. The van der Waals surface area contributed by atoms with Gasteiger partial charge in [0.25, 0.3) is 0 Å². The van der Waals surface area contributed by atoms with Gasteiger partial charge in [-0.3, -0.25) is 0 Å². The van der Waals surface area contributed by atoms with E-state index in [2.05, 4.69) is 11.2 Å². The van der Waals surface area contributed by atoms with Crippen molar-refractivity contribution in [1.29, 1.82) is 0 Å². The van der Waals surface area contributed by atoms with Gasteiger partial charge in [-0.2, -0.15) is 0 Å². The Morgan fingerprint density at radius 3 is 2.59 bits per heavy atom. The molecule has 0 aromatic heterocycles. The Hall–Kier alpha value is -0.590. The number of halogens is 3. The molecular weight excluding hydrogens is 280 g/mol. The van der Waals surface area contributed by atoms with Crippen LogP contribution in [0.2, 0.25) is 15.1 Å². The molecule has 0 radical (unpaired) electrons. The van der Waals surface area contributed by atoms with E-state index in [-0.39, 0.29) is 6.10 Å². The second kappa shape index (κ2) is 6.98. The van der Waals surface area contributed by atoms with Crippen LogP contribution in [0, 0.1) is 12.3 Å². The normalized spacial score (nSPS) is 11.9. The van der Waals surface area contributed by atoms with Gasteiger partial charge < -0.3 is 10.1 Å². The maximum absolute atomic E-state index is 5.99. The molecular formula is C12H12Cl3NO. The second-order valence-electron chi connectivity index (χ2n) is 3.46. The van der Waals surface area contributed by atoms with Gasteiger partial charge in [-0.15, -0.1) is 6.42 Å². The number of hydrogen-bond acceptors (Lipinski definition) is 2. The third-order valence-corrected chi connectivity index (χ3v) is 2.98. The first-order chi connectivity index (χ1) is 8.04. The lowest BCUT2D eigenvalue weighted by molar-refractivity contribution is 0.219. The second-order valence-corrected chi connectivity index (χ2v) is 4.68. The number of ether oxygens (including phenoxy) is 1. The van der Waals surface area contributed by atoms with Gasteiger partial charge >= 0.3 is 0 Å². The van der Waals surface area contributed by atoms with Crippen LogP contribution in [0.1, 0.15) is 6.92 Å². The molecule has 1 aromatic rings. The molecule has 0 heterocycles. The summed E-state index contributed by atoms with van der Waals surface area (Å²) in [6.07, 6.45) is 5.05. The molecule has 17 heavy (non-hydrogen) atoms. The monoisotopic (exact) mass is 291 g/mol. The van der Waals surface area contributed by atoms with Crippen molar-refractivity contribution in [3.05, 3.63) is 27.2 Å². The fraction of sp³-hybridized carbons (Fsp3) is 0.333. The maximum atomic E-state index is 5.99. The SMILES string of the molecule is C#CCNCC(C)Oc1cc(Cl)c(Cl)cc1Cl. The van der Waals surface area contributed by atoms with Crippen molar-refractivity contribution in [1.82, 2.24) is 5.32 Å². The highest BCUT2D eigenvalue weighted by molar-refractivity contribution is 6.43. The van der Waals surface area contributed by atoms with Crippen molar-refractivity contribution in [2.24, 2.45) is 0 Å². The molecule has 1 rings (SSSR count). The predicted molar refractivity (Wildman–Crippen MR) is 73.3 cm³/mol. The smallest absolute Gasteiger partial charge is 0.139 e. The Kier molecular flexibility index (Phi) is 5.94. The maximum Gasteiger partial charge on any atom is 0.139 e. The fourth-order valence-corrected chi connectivity index (χ4v) is 1.78. The minimum atomic E-state index is -0.0712. The third kappa shape index (κ3) is 4.65.